The highest BCUT2D eigenvalue weighted by Gasteiger charge is 2.27. The molecule has 0 fully saturated rings. The molecule has 0 radical (unpaired) electrons. The summed E-state index contributed by atoms with van der Waals surface area (Å²) in [6.45, 7) is 31.2. The van der Waals surface area contributed by atoms with Gasteiger partial charge in [-0.3, -0.25) is 24.0 Å². The Balaban J connectivity index is 1.68. The first kappa shape index (κ1) is 78.7. The second kappa shape index (κ2) is 48.5. The van der Waals surface area contributed by atoms with Gasteiger partial charge < -0.3 is 59.2 Å². The number of hydrogen-bond donors (Lipinski definition) is 4. The molecule has 496 valence electrons. The van der Waals surface area contributed by atoms with Crippen LogP contribution in [0.2, 0.25) is 0 Å². The number of carbonyl (C=O) groups is 5. The fourth-order valence-electron chi connectivity index (χ4n) is 9.90. The third-order valence-electron chi connectivity index (χ3n) is 15.0. The number of carbonyl (C=O) groups excluding carboxylic acids is 5. The molecule has 0 saturated heterocycles. The molecule has 2 aliphatic rings. The molecule has 0 aromatic heterocycles. The Morgan fingerprint density at radius 2 is 0.852 bits per heavy atom. The molecule has 0 aliphatic heterocycles. The summed E-state index contributed by atoms with van der Waals surface area (Å²) in [6, 6.07) is -0.767. The largest absolute Gasteiger partial charge is 0.379 e. The summed E-state index contributed by atoms with van der Waals surface area (Å²) in [6.07, 6.45) is 34.4. The average molecular weight is 1230 g/mol. The second-order valence-corrected chi connectivity index (χ2v) is 24.1. The molecule has 0 spiro atoms. The standard InChI is InChI=1S/C71H114N4O13/c1-56(27-29-63-60(5)24-16-33-70(63,8)9)20-14-22-58(3)54-67(78)73-35-13-12-26-65(75-68(79)55-59(4)23-15-21-57(2)28-30-64-61(6)25-17-34-71(64,10)11)69(80)74-37-19-39-82-43-47-85-46-42-81-38-18-36-72-66(77)32-41-84-45-49-87-51-53-88-52-50-86-48-44-83-40-31-62(7)76/h14-15,20-23,27-30,54-55,65H,12-13,16-19,24-26,31-53H2,1-11H3,(H,72,77)(H,73,78)(H,74,80)(H,75,79)/b22-14+,23-15+,29-27+,30-28+,56-20+,57-21+,58-54+,59-55+/t65-/m0/s1. The highest BCUT2D eigenvalue weighted by atomic mass is 16.6. The van der Waals surface area contributed by atoms with Crippen LogP contribution in [0, 0.1) is 10.8 Å². The minimum absolute atomic E-state index is 0.0847. The third-order valence-corrected chi connectivity index (χ3v) is 15.0. The Morgan fingerprint density at radius 1 is 0.455 bits per heavy atom. The Morgan fingerprint density at radius 3 is 1.30 bits per heavy atom. The maximum Gasteiger partial charge on any atom is 0.244 e. The number of hydrogen-bond acceptors (Lipinski definition) is 13. The van der Waals surface area contributed by atoms with Gasteiger partial charge in [0.15, 0.2) is 0 Å². The molecule has 0 bridgehead atoms. The van der Waals surface area contributed by atoms with Crippen molar-refractivity contribution < 1.29 is 61.9 Å². The van der Waals surface area contributed by atoms with Gasteiger partial charge in [0, 0.05) is 57.8 Å². The zero-order chi connectivity index (χ0) is 64.7. The monoisotopic (exact) mass is 1230 g/mol. The van der Waals surface area contributed by atoms with Crippen molar-refractivity contribution in [1.29, 1.82) is 0 Å². The van der Waals surface area contributed by atoms with Gasteiger partial charge in [0.2, 0.25) is 23.6 Å². The van der Waals surface area contributed by atoms with E-state index in [1.165, 1.54) is 61.0 Å². The fraction of sp³-hybridized carbons (Fsp3) is 0.648. The molecule has 0 saturated carbocycles. The predicted octanol–water partition coefficient (Wildman–Crippen LogP) is 11.3. The summed E-state index contributed by atoms with van der Waals surface area (Å²) in [5, 5.41) is 11.7. The number of Topliss-reactive ketones (excluding diaryl/α,β-unsaturated/α-hetero) is 1. The molecule has 2 aliphatic carbocycles. The summed E-state index contributed by atoms with van der Waals surface area (Å²) in [7, 11) is 0. The van der Waals surface area contributed by atoms with Crippen molar-refractivity contribution in [2.75, 3.05) is 125 Å². The topological polar surface area (TPSA) is 207 Å². The van der Waals surface area contributed by atoms with Crippen molar-refractivity contribution in [3.05, 3.63) is 117 Å². The van der Waals surface area contributed by atoms with Gasteiger partial charge >= 0.3 is 0 Å². The molecule has 0 heterocycles. The van der Waals surface area contributed by atoms with Crippen LogP contribution in [0.5, 0.6) is 0 Å². The van der Waals surface area contributed by atoms with E-state index in [1.807, 2.05) is 44.2 Å². The normalized spacial score (nSPS) is 16.4. The Hall–Kier alpha value is -5.37. The van der Waals surface area contributed by atoms with E-state index >= 15 is 0 Å². The van der Waals surface area contributed by atoms with Gasteiger partial charge in [0.25, 0.3) is 0 Å². The summed E-state index contributed by atoms with van der Waals surface area (Å²) in [5.41, 5.74) is 9.95. The summed E-state index contributed by atoms with van der Waals surface area (Å²) >= 11 is 0. The zero-order valence-corrected chi connectivity index (χ0v) is 55.9. The third kappa shape index (κ3) is 40.3. The SMILES string of the molecule is CC(=O)CCOCCOCCOCCOCCOCCC(=O)NCCCOCCOCCOCCCNC(=O)[C@H](CCCCNC(=O)/C=C(C)/C=C/C=C(C)/C=C/C1=C(C)CCCC1(C)C)NC(=O)/C=C(C)/C=C/C=C(C)/C=C/C1=C(C)CCCC1(C)C. The fourth-order valence-corrected chi connectivity index (χ4v) is 9.90. The lowest BCUT2D eigenvalue weighted by Crippen LogP contribution is -2.46. The van der Waals surface area contributed by atoms with Crippen molar-refractivity contribution in [2.45, 2.75) is 166 Å². The van der Waals surface area contributed by atoms with Gasteiger partial charge in [-0.15, -0.1) is 0 Å². The number of nitrogens with one attached hydrogen (secondary N) is 4. The lowest BCUT2D eigenvalue weighted by atomic mass is 9.72. The van der Waals surface area contributed by atoms with Crippen molar-refractivity contribution >= 4 is 29.4 Å². The smallest absolute Gasteiger partial charge is 0.244 e. The van der Waals surface area contributed by atoms with Crippen LogP contribution in [-0.2, 0) is 61.9 Å². The van der Waals surface area contributed by atoms with E-state index in [2.05, 4.69) is 107 Å². The maximum atomic E-state index is 13.5. The molecule has 1 atom stereocenters. The highest BCUT2D eigenvalue weighted by molar-refractivity contribution is 5.93. The van der Waals surface area contributed by atoms with Gasteiger partial charge in [-0.1, -0.05) is 111 Å². The average Bonchev–Trinajstić information content (AvgIpc) is 2.64. The molecule has 0 unspecified atom stereocenters. The van der Waals surface area contributed by atoms with E-state index in [4.69, 9.17) is 37.9 Å². The Labute approximate surface area is 529 Å². The molecule has 88 heavy (non-hydrogen) atoms. The number of allylic oxidation sites excluding steroid dienone is 18. The molecule has 17 nitrogen and oxygen atoms in total. The number of ether oxygens (including phenoxy) is 8. The van der Waals surface area contributed by atoms with Crippen molar-refractivity contribution in [1.82, 2.24) is 21.3 Å². The Kier molecular flexibility index (Phi) is 43.4. The predicted molar refractivity (Wildman–Crippen MR) is 353 cm³/mol. The van der Waals surface area contributed by atoms with Crippen LogP contribution in [0.25, 0.3) is 0 Å². The summed E-state index contributed by atoms with van der Waals surface area (Å²) < 4.78 is 44.1. The number of amides is 4. The van der Waals surface area contributed by atoms with Crippen molar-refractivity contribution in [2.24, 2.45) is 10.8 Å². The quantitative estimate of drug-likeness (QED) is 0.0254. The highest BCUT2D eigenvalue weighted by Crippen LogP contribution is 2.42. The van der Waals surface area contributed by atoms with Gasteiger partial charge in [-0.2, -0.15) is 0 Å². The van der Waals surface area contributed by atoms with Crippen LogP contribution < -0.4 is 21.3 Å². The van der Waals surface area contributed by atoms with Crippen LogP contribution in [-0.4, -0.2) is 161 Å². The van der Waals surface area contributed by atoms with Crippen LogP contribution in [0.4, 0.5) is 0 Å². The molecule has 2 rings (SSSR count). The summed E-state index contributed by atoms with van der Waals surface area (Å²) in [5.74, 6) is -0.795. The molecule has 0 aromatic rings. The van der Waals surface area contributed by atoms with E-state index in [1.54, 1.807) is 6.08 Å². The second-order valence-electron chi connectivity index (χ2n) is 24.1. The lowest BCUT2D eigenvalue weighted by molar-refractivity contribution is -0.127. The van der Waals surface area contributed by atoms with Crippen LogP contribution in [0.15, 0.2) is 117 Å². The van der Waals surface area contributed by atoms with Gasteiger partial charge in [-0.25, -0.2) is 0 Å². The van der Waals surface area contributed by atoms with Crippen molar-refractivity contribution in [3.63, 3.8) is 0 Å². The Bertz CT molecular complexity index is 2390. The lowest BCUT2D eigenvalue weighted by Gasteiger charge is -2.33. The van der Waals surface area contributed by atoms with E-state index in [0.717, 1.165) is 35.1 Å². The first-order chi connectivity index (χ1) is 42.2. The minimum Gasteiger partial charge on any atom is -0.379 e. The van der Waals surface area contributed by atoms with Crippen molar-refractivity contribution in [3.8, 4) is 0 Å². The maximum absolute atomic E-state index is 13.5. The zero-order valence-electron chi connectivity index (χ0n) is 55.9. The molecular weight excluding hydrogens is 1120 g/mol. The summed E-state index contributed by atoms with van der Waals surface area (Å²) in [4.78, 5) is 62.6. The minimum atomic E-state index is -0.767. The number of ketones is 1. The van der Waals surface area contributed by atoms with Gasteiger partial charge in [0.1, 0.15) is 11.8 Å². The van der Waals surface area contributed by atoms with E-state index in [0.29, 0.717) is 164 Å². The molecular formula is C71H114N4O13. The van der Waals surface area contributed by atoms with Gasteiger partial charge in [-0.05, 0) is 152 Å². The molecule has 17 heteroatoms. The van der Waals surface area contributed by atoms with E-state index in [-0.39, 0.29) is 46.7 Å². The van der Waals surface area contributed by atoms with E-state index in [9.17, 15) is 24.0 Å². The first-order valence-electron chi connectivity index (χ1n) is 32.3. The van der Waals surface area contributed by atoms with Gasteiger partial charge in [0.05, 0.1) is 92.5 Å². The molecule has 4 N–H and O–H groups in total. The van der Waals surface area contributed by atoms with E-state index < -0.39 is 6.04 Å². The first-order valence-corrected chi connectivity index (χ1v) is 32.3. The number of rotatable bonds is 49. The van der Waals surface area contributed by atoms with Crippen LogP contribution in [0.1, 0.15) is 160 Å². The number of unbranched alkanes of at least 4 members (excludes halogenated alkanes) is 1. The molecule has 0 aromatic carbocycles. The molecule has 4 amide bonds. The van der Waals surface area contributed by atoms with Crippen LogP contribution in [0.3, 0.4) is 0 Å². The van der Waals surface area contributed by atoms with Crippen LogP contribution >= 0.6 is 0 Å².